The highest BCUT2D eigenvalue weighted by Crippen LogP contribution is 2.43. The first-order valence-corrected chi connectivity index (χ1v) is 14.9. The number of rotatable bonds is 4. The van der Waals surface area contributed by atoms with Crippen molar-refractivity contribution in [2.75, 3.05) is 4.90 Å². The van der Waals surface area contributed by atoms with Gasteiger partial charge in [0.15, 0.2) is 0 Å². The average molecular weight is 557 g/mol. The van der Waals surface area contributed by atoms with Crippen LogP contribution in [0.3, 0.4) is 0 Å². The topological polar surface area (TPSA) is 21.3 Å². The van der Waals surface area contributed by atoms with Gasteiger partial charge in [-0.05, 0) is 80.4 Å². The van der Waals surface area contributed by atoms with Gasteiger partial charge in [0.05, 0.1) is 22.1 Å². The van der Waals surface area contributed by atoms with E-state index in [2.05, 4.69) is 158 Å². The Morgan fingerprint density at radius 3 is 2.07 bits per heavy atom. The first-order valence-electron chi connectivity index (χ1n) is 14.9. The minimum Gasteiger partial charge on any atom is -0.456 e. The molecule has 0 aliphatic carbocycles. The lowest BCUT2D eigenvalue weighted by Crippen LogP contribution is -2.37. The van der Waals surface area contributed by atoms with Crippen LogP contribution in [0.4, 0.5) is 11.4 Å². The Morgan fingerprint density at radius 1 is 0.535 bits per heavy atom. The van der Waals surface area contributed by atoms with Crippen molar-refractivity contribution in [3.63, 3.8) is 0 Å². The molecule has 3 heteroatoms. The fraction of sp³-hybridized carbons (Fsp3) is 0.100. The van der Waals surface area contributed by atoms with E-state index in [-0.39, 0.29) is 5.54 Å². The number of para-hydroxylation sites is 2. The fourth-order valence-electron chi connectivity index (χ4n) is 6.66. The molecule has 0 aliphatic heterocycles. The van der Waals surface area contributed by atoms with Crippen LogP contribution in [0.2, 0.25) is 0 Å². The van der Waals surface area contributed by atoms with Crippen molar-refractivity contribution in [2.45, 2.75) is 26.3 Å². The van der Waals surface area contributed by atoms with Gasteiger partial charge < -0.3 is 13.9 Å². The molecule has 2 aromatic heterocycles. The number of nitrogens with zero attached hydrogens (tertiary/aromatic N) is 2. The van der Waals surface area contributed by atoms with Gasteiger partial charge in [-0.1, -0.05) is 91.0 Å². The number of hydrogen-bond donors (Lipinski definition) is 0. The summed E-state index contributed by atoms with van der Waals surface area (Å²) in [7, 11) is 0. The van der Waals surface area contributed by atoms with E-state index >= 15 is 0 Å². The zero-order valence-corrected chi connectivity index (χ0v) is 24.6. The predicted octanol–water partition coefficient (Wildman–Crippen LogP) is 11.3. The van der Waals surface area contributed by atoms with E-state index in [1.165, 1.54) is 32.9 Å². The molecule has 3 nitrogen and oxygen atoms in total. The SMILES string of the molecule is CC(C)(C)N(c1cccc(-n2c3ccccc3c3ccc(-c4ccccc4)cc32)c1)c1cccc2oc3ccccc3c12. The molecule has 0 fully saturated rings. The van der Waals surface area contributed by atoms with E-state index < -0.39 is 0 Å². The Labute approximate surface area is 251 Å². The quantitative estimate of drug-likeness (QED) is 0.215. The molecule has 6 aromatic carbocycles. The Bertz CT molecular complexity index is 2280. The standard InChI is InChI=1S/C40H32N2O/c1-40(2,3)42(35-20-12-22-38-39(35)33-18-8-10-21-37(33)43-38)30-16-11-15-29(26-30)41-34-19-9-7-17-31(34)32-24-23-28(25-36(32)41)27-13-5-4-6-14-27/h4-26H,1-3H3. The maximum atomic E-state index is 6.29. The second-order valence-electron chi connectivity index (χ2n) is 12.2. The molecular formula is C40H32N2O. The van der Waals surface area contributed by atoms with Crippen LogP contribution in [0.5, 0.6) is 0 Å². The molecule has 0 unspecified atom stereocenters. The molecule has 43 heavy (non-hydrogen) atoms. The third kappa shape index (κ3) is 4.11. The van der Waals surface area contributed by atoms with Crippen molar-refractivity contribution < 1.29 is 4.42 Å². The average Bonchev–Trinajstić information content (AvgIpc) is 3.57. The van der Waals surface area contributed by atoms with Gasteiger partial charge in [0.25, 0.3) is 0 Å². The molecule has 0 amide bonds. The Hall–Kier alpha value is -5.28. The molecule has 0 aliphatic rings. The van der Waals surface area contributed by atoms with Crippen LogP contribution in [0, 0.1) is 0 Å². The third-order valence-electron chi connectivity index (χ3n) is 8.42. The van der Waals surface area contributed by atoms with Gasteiger partial charge in [0.1, 0.15) is 11.2 Å². The Balaban J connectivity index is 1.37. The van der Waals surface area contributed by atoms with Crippen LogP contribution in [0.15, 0.2) is 144 Å². The molecule has 0 spiro atoms. The summed E-state index contributed by atoms with van der Waals surface area (Å²) < 4.78 is 8.70. The number of benzene rings is 6. The predicted molar refractivity (Wildman–Crippen MR) is 182 cm³/mol. The zero-order chi connectivity index (χ0) is 29.1. The van der Waals surface area contributed by atoms with E-state index in [9.17, 15) is 0 Å². The third-order valence-corrected chi connectivity index (χ3v) is 8.42. The molecule has 0 N–H and O–H groups in total. The molecule has 8 rings (SSSR count). The zero-order valence-electron chi connectivity index (χ0n) is 24.6. The molecule has 2 heterocycles. The molecule has 0 saturated carbocycles. The summed E-state index contributed by atoms with van der Waals surface area (Å²) in [5.41, 5.74) is 9.84. The second kappa shape index (κ2) is 9.64. The Morgan fingerprint density at radius 2 is 1.23 bits per heavy atom. The van der Waals surface area contributed by atoms with E-state index in [4.69, 9.17) is 4.42 Å². The highest BCUT2D eigenvalue weighted by molar-refractivity contribution is 6.13. The second-order valence-corrected chi connectivity index (χ2v) is 12.2. The molecule has 0 saturated heterocycles. The van der Waals surface area contributed by atoms with Crippen LogP contribution in [-0.2, 0) is 0 Å². The van der Waals surface area contributed by atoms with Gasteiger partial charge in [-0.25, -0.2) is 0 Å². The van der Waals surface area contributed by atoms with Crippen molar-refractivity contribution >= 4 is 55.1 Å². The summed E-state index contributed by atoms with van der Waals surface area (Å²) in [4.78, 5) is 2.45. The van der Waals surface area contributed by atoms with Gasteiger partial charge in [-0.3, -0.25) is 0 Å². The first-order chi connectivity index (χ1) is 21.0. The molecule has 0 radical (unpaired) electrons. The fourth-order valence-corrected chi connectivity index (χ4v) is 6.66. The summed E-state index contributed by atoms with van der Waals surface area (Å²) in [6, 6.07) is 49.8. The van der Waals surface area contributed by atoms with Gasteiger partial charge in [0, 0.05) is 33.1 Å². The van der Waals surface area contributed by atoms with Crippen molar-refractivity contribution in [3.8, 4) is 16.8 Å². The van der Waals surface area contributed by atoms with E-state index in [0.29, 0.717) is 0 Å². The van der Waals surface area contributed by atoms with Gasteiger partial charge in [-0.15, -0.1) is 0 Å². The van der Waals surface area contributed by atoms with Gasteiger partial charge in [0.2, 0.25) is 0 Å². The minimum atomic E-state index is -0.202. The van der Waals surface area contributed by atoms with E-state index in [1.54, 1.807) is 0 Å². The highest BCUT2D eigenvalue weighted by Gasteiger charge is 2.27. The summed E-state index contributed by atoms with van der Waals surface area (Å²) in [6.07, 6.45) is 0. The number of fused-ring (bicyclic) bond motifs is 6. The lowest BCUT2D eigenvalue weighted by molar-refractivity contribution is 0.561. The lowest BCUT2D eigenvalue weighted by atomic mass is 10.0. The molecule has 208 valence electrons. The van der Waals surface area contributed by atoms with Crippen LogP contribution in [0.1, 0.15) is 20.8 Å². The van der Waals surface area contributed by atoms with Crippen LogP contribution >= 0.6 is 0 Å². The summed E-state index contributed by atoms with van der Waals surface area (Å²) in [6.45, 7) is 6.81. The van der Waals surface area contributed by atoms with Gasteiger partial charge >= 0.3 is 0 Å². The van der Waals surface area contributed by atoms with Crippen molar-refractivity contribution in [3.05, 3.63) is 140 Å². The monoisotopic (exact) mass is 556 g/mol. The summed E-state index contributed by atoms with van der Waals surface area (Å²) in [5, 5.41) is 4.78. The smallest absolute Gasteiger partial charge is 0.137 e. The molecule has 0 atom stereocenters. The minimum absolute atomic E-state index is 0.202. The van der Waals surface area contributed by atoms with Crippen molar-refractivity contribution in [2.24, 2.45) is 0 Å². The normalized spacial score (nSPS) is 12.1. The summed E-state index contributed by atoms with van der Waals surface area (Å²) in [5.74, 6) is 0. The highest BCUT2D eigenvalue weighted by atomic mass is 16.3. The molecule has 0 bridgehead atoms. The van der Waals surface area contributed by atoms with Crippen LogP contribution in [0.25, 0.3) is 60.6 Å². The molecule has 8 aromatic rings. The number of furan rings is 1. The van der Waals surface area contributed by atoms with E-state index in [1.807, 2.05) is 12.1 Å². The number of anilines is 2. The van der Waals surface area contributed by atoms with Crippen LogP contribution < -0.4 is 4.90 Å². The maximum Gasteiger partial charge on any atom is 0.137 e. The largest absolute Gasteiger partial charge is 0.456 e. The van der Waals surface area contributed by atoms with Crippen molar-refractivity contribution in [1.29, 1.82) is 0 Å². The van der Waals surface area contributed by atoms with E-state index in [0.717, 1.165) is 39.0 Å². The molecular weight excluding hydrogens is 524 g/mol. The van der Waals surface area contributed by atoms with Gasteiger partial charge in [-0.2, -0.15) is 0 Å². The Kier molecular flexibility index (Phi) is 5.70. The number of aromatic nitrogens is 1. The van der Waals surface area contributed by atoms with Crippen LogP contribution in [-0.4, -0.2) is 10.1 Å². The maximum absolute atomic E-state index is 6.29. The number of hydrogen-bond acceptors (Lipinski definition) is 2. The van der Waals surface area contributed by atoms with Crippen molar-refractivity contribution in [1.82, 2.24) is 4.57 Å². The first kappa shape index (κ1) is 25.4. The lowest BCUT2D eigenvalue weighted by Gasteiger charge is -2.38. The summed E-state index contributed by atoms with van der Waals surface area (Å²) >= 11 is 0.